The fourth-order valence-corrected chi connectivity index (χ4v) is 4.10. The molecule has 1 saturated carbocycles. The van der Waals surface area contributed by atoms with E-state index in [1.807, 2.05) is 38.1 Å². The summed E-state index contributed by atoms with van der Waals surface area (Å²) in [6.45, 7) is 4.30. The van der Waals surface area contributed by atoms with Crippen molar-refractivity contribution in [3.63, 3.8) is 0 Å². The molecule has 6 heteroatoms. The predicted octanol–water partition coefficient (Wildman–Crippen LogP) is 3.46. The lowest BCUT2D eigenvalue weighted by molar-refractivity contribution is -0.122. The van der Waals surface area contributed by atoms with Crippen molar-refractivity contribution >= 4 is 23.4 Å². The second-order valence-corrected chi connectivity index (χ2v) is 8.36. The molecule has 146 valence electrons. The van der Waals surface area contributed by atoms with E-state index < -0.39 is 0 Å². The number of aryl methyl sites for hydroxylation is 2. The molecule has 5 nitrogen and oxygen atoms in total. The zero-order chi connectivity index (χ0) is 19.9. The van der Waals surface area contributed by atoms with Gasteiger partial charge in [-0.2, -0.15) is 0 Å². The maximum atomic E-state index is 12.8. The zero-order valence-electron chi connectivity index (χ0n) is 16.1. The molecule has 0 saturated heterocycles. The average Bonchev–Trinajstić information content (AvgIpc) is 3.29. The van der Waals surface area contributed by atoms with Gasteiger partial charge in [0, 0.05) is 17.3 Å². The molecule has 1 unspecified atom stereocenters. The van der Waals surface area contributed by atoms with Gasteiger partial charge < -0.3 is 10.6 Å². The molecule has 0 bridgehead atoms. The van der Waals surface area contributed by atoms with Gasteiger partial charge >= 0.3 is 0 Å². The van der Waals surface area contributed by atoms with E-state index in [9.17, 15) is 9.59 Å². The summed E-state index contributed by atoms with van der Waals surface area (Å²) >= 11 is 6.25. The quantitative estimate of drug-likeness (QED) is 0.811. The van der Waals surface area contributed by atoms with E-state index >= 15 is 0 Å². The lowest BCUT2D eigenvalue weighted by atomic mass is 10.0. The summed E-state index contributed by atoms with van der Waals surface area (Å²) in [7, 11) is 0. The van der Waals surface area contributed by atoms with Crippen molar-refractivity contribution in [1.29, 1.82) is 0 Å². The highest BCUT2D eigenvalue weighted by atomic mass is 35.5. The Labute approximate surface area is 169 Å². The van der Waals surface area contributed by atoms with Crippen LogP contribution in [0.2, 0.25) is 5.02 Å². The summed E-state index contributed by atoms with van der Waals surface area (Å²) in [5.74, 6) is -0.347. The van der Waals surface area contributed by atoms with E-state index in [1.54, 1.807) is 6.07 Å². The molecule has 4 rings (SSSR count). The summed E-state index contributed by atoms with van der Waals surface area (Å²) in [6.07, 6.45) is 3.32. The second kappa shape index (κ2) is 7.21. The molecule has 2 N–H and O–H groups in total. The highest BCUT2D eigenvalue weighted by Gasteiger charge is 2.45. The van der Waals surface area contributed by atoms with Crippen molar-refractivity contribution < 1.29 is 9.59 Å². The highest BCUT2D eigenvalue weighted by Crippen LogP contribution is 2.38. The maximum Gasteiger partial charge on any atom is 0.270 e. The smallest absolute Gasteiger partial charge is 0.270 e. The Kier molecular flexibility index (Phi) is 4.88. The minimum Gasteiger partial charge on any atom is -0.353 e. The lowest BCUT2D eigenvalue weighted by Gasteiger charge is -2.20. The molecule has 1 atom stereocenters. The van der Waals surface area contributed by atoms with E-state index in [4.69, 9.17) is 11.6 Å². The number of nitrogens with one attached hydrogen (secondary N) is 2. The van der Waals surface area contributed by atoms with Crippen molar-refractivity contribution in [3.8, 4) is 0 Å². The van der Waals surface area contributed by atoms with Crippen LogP contribution in [0.3, 0.4) is 0 Å². The van der Waals surface area contributed by atoms with Crippen molar-refractivity contribution in [2.24, 2.45) is 0 Å². The third-order valence-corrected chi connectivity index (χ3v) is 6.30. The molecule has 2 aromatic rings. The number of amides is 2. The number of nitrogens with zero attached hydrogens (tertiary/aromatic N) is 1. The zero-order valence-corrected chi connectivity index (χ0v) is 16.9. The number of benzene rings is 1. The summed E-state index contributed by atoms with van der Waals surface area (Å²) in [5.41, 5.74) is 4.08. The largest absolute Gasteiger partial charge is 0.353 e. The van der Waals surface area contributed by atoms with E-state index in [1.165, 1.54) is 0 Å². The van der Waals surface area contributed by atoms with Crippen molar-refractivity contribution in [1.82, 2.24) is 15.6 Å². The number of fused-ring (bicyclic) bond motifs is 1. The van der Waals surface area contributed by atoms with Crippen LogP contribution in [-0.2, 0) is 11.2 Å². The third-order valence-electron chi connectivity index (χ3n) is 5.95. The average molecular weight is 398 g/mol. The number of rotatable bonds is 5. The second-order valence-electron chi connectivity index (χ2n) is 7.95. The normalized spacial score (nSPS) is 19.0. The number of halogens is 1. The molecule has 2 amide bonds. The molecule has 2 aliphatic rings. The van der Waals surface area contributed by atoms with Crippen molar-refractivity contribution in [2.45, 2.75) is 51.0 Å². The van der Waals surface area contributed by atoms with Crippen LogP contribution in [-0.4, -0.2) is 28.9 Å². The first-order chi connectivity index (χ1) is 13.4. The Morgan fingerprint density at radius 3 is 2.71 bits per heavy atom. The lowest BCUT2D eigenvalue weighted by Crippen LogP contribution is -2.46. The summed E-state index contributed by atoms with van der Waals surface area (Å²) in [4.78, 5) is 29.7. The monoisotopic (exact) mass is 397 g/mol. The van der Waals surface area contributed by atoms with Crippen LogP contribution >= 0.6 is 11.6 Å². The molecule has 1 heterocycles. The van der Waals surface area contributed by atoms with Gasteiger partial charge in [-0.05, 0) is 68.4 Å². The fraction of sp³-hybridized carbons (Fsp3) is 0.409. The Morgan fingerprint density at radius 2 is 2.00 bits per heavy atom. The number of aromatic nitrogens is 1. The van der Waals surface area contributed by atoms with Crippen LogP contribution in [0.15, 0.2) is 30.3 Å². The Balaban J connectivity index is 1.37. The number of hydrogen-bond acceptors (Lipinski definition) is 3. The Hall–Kier alpha value is -2.40. The van der Waals surface area contributed by atoms with Gasteiger partial charge in [0.2, 0.25) is 5.91 Å². The summed E-state index contributed by atoms with van der Waals surface area (Å²) in [5, 5.41) is 6.85. The topological polar surface area (TPSA) is 71.1 Å². The minimum atomic E-state index is -0.358. The van der Waals surface area contributed by atoms with Crippen LogP contribution in [0.4, 0.5) is 0 Å². The molecule has 0 radical (unpaired) electrons. The van der Waals surface area contributed by atoms with Gasteiger partial charge in [-0.15, -0.1) is 0 Å². The third kappa shape index (κ3) is 3.63. The van der Waals surface area contributed by atoms with Crippen LogP contribution in [0.1, 0.15) is 58.1 Å². The van der Waals surface area contributed by atoms with Gasteiger partial charge in [0.05, 0.1) is 11.5 Å². The van der Waals surface area contributed by atoms with E-state index in [-0.39, 0.29) is 23.3 Å². The van der Waals surface area contributed by atoms with Crippen LogP contribution in [0, 0.1) is 13.8 Å². The SMILES string of the molecule is Cc1ccc(C(=O)NC2(CNC(=O)C3CCc4c(Cl)cccc43)CC2)nc1C. The van der Waals surface area contributed by atoms with E-state index in [0.29, 0.717) is 12.2 Å². The van der Waals surface area contributed by atoms with Crippen molar-refractivity contribution in [2.75, 3.05) is 6.54 Å². The van der Waals surface area contributed by atoms with E-state index in [2.05, 4.69) is 15.6 Å². The minimum absolute atomic E-state index is 0.00541. The van der Waals surface area contributed by atoms with Crippen LogP contribution < -0.4 is 10.6 Å². The van der Waals surface area contributed by atoms with Crippen LogP contribution in [0.25, 0.3) is 0 Å². The van der Waals surface area contributed by atoms with Gasteiger partial charge in [-0.25, -0.2) is 4.98 Å². The molecule has 0 spiro atoms. The van der Waals surface area contributed by atoms with Gasteiger partial charge in [-0.3, -0.25) is 9.59 Å². The number of pyridine rings is 1. The Bertz CT molecular complexity index is 953. The molecular weight excluding hydrogens is 374 g/mol. The molecule has 0 aliphatic heterocycles. The van der Waals surface area contributed by atoms with Gasteiger partial charge in [0.15, 0.2) is 0 Å². The summed E-state index contributed by atoms with van der Waals surface area (Å²) in [6, 6.07) is 9.40. The molecule has 1 aromatic carbocycles. The molecule has 28 heavy (non-hydrogen) atoms. The molecule has 2 aliphatic carbocycles. The molecule has 1 aromatic heterocycles. The highest BCUT2D eigenvalue weighted by molar-refractivity contribution is 6.31. The van der Waals surface area contributed by atoms with Gasteiger partial charge in [0.1, 0.15) is 5.69 Å². The Morgan fingerprint density at radius 1 is 1.21 bits per heavy atom. The maximum absolute atomic E-state index is 12.8. The predicted molar refractivity (Wildman–Crippen MR) is 109 cm³/mol. The van der Waals surface area contributed by atoms with E-state index in [0.717, 1.165) is 53.1 Å². The first-order valence-corrected chi connectivity index (χ1v) is 10.1. The summed E-state index contributed by atoms with van der Waals surface area (Å²) < 4.78 is 0. The first kappa shape index (κ1) is 18.9. The standard InChI is InChI=1S/C22H24ClN3O2/c1-13-6-9-19(25-14(13)2)21(28)26-22(10-11-22)12-24-20(27)17-8-7-16-15(17)4-3-5-18(16)23/h3-6,9,17H,7-8,10-12H2,1-2H3,(H,24,27)(H,26,28). The van der Waals surface area contributed by atoms with Crippen LogP contribution in [0.5, 0.6) is 0 Å². The molecular formula is C22H24ClN3O2. The fourth-order valence-electron chi connectivity index (χ4n) is 3.82. The first-order valence-electron chi connectivity index (χ1n) is 9.70. The number of carbonyl (C=O) groups is 2. The van der Waals surface area contributed by atoms with Gasteiger partial charge in [-0.1, -0.05) is 29.8 Å². The van der Waals surface area contributed by atoms with Crippen molar-refractivity contribution in [3.05, 3.63) is 63.4 Å². The number of carbonyl (C=O) groups excluding carboxylic acids is 2. The van der Waals surface area contributed by atoms with Gasteiger partial charge in [0.25, 0.3) is 5.91 Å². The number of hydrogen-bond donors (Lipinski definition) is 2. The molecule has 1 fully saturated rings.